The lowest BCUT2D eigenvalue weighted by Crippen LogP contribution is -1.85. The minimum Gasteiger partial charge on any atom is -0.481 e. The first-order valence-corrected chi connectivity index (χ1v) is 4.34. The highest BCUT2D eigenvalue weighted by Gasteiger charge is 1.69. The van der Waals surface area contributed by atoms with Gasteiger partial charge in [-0.1, -0.05) is 36.4 Å². The van der Waals surface area contributed by atoms with Crippen molar-refractivity contribution < 1.29 is 15.0 Å². The van der Waals surface area contributed by atoms with Crippen LogP contribution < -0.4 is 0 Å². The Morgan fingerprint density at radius 1 is 1.00 bits per heavy atom. The molecule has 3 nitrogen and oxygen atoms in total. The molecule has 0 aliphatic rings. The fourth-order valence-corrected chi connectivity index (χ4v) is 0.385. The Hall–Kier alpha value is -1.35. The number of hydrogen-bond donors (Lipinski definition) is 2. The molecule has 1 aromatic carbocycles. The van der Waals surface area contributed by atoms with Gasteiger partial charge in [0.1, 0.15) is 0 Å². The summed E-state index contributed by atoms with van der Waals surface area (Å²) in [7, 11) is 0. The summed E-state index contributed by atoms with van der Waals surface area (Å²) in [4.78, 5) is 9.00. The summed E-state index contributed by atoms with van der Waals surface area (Å²) in [6.07, 6.45) is -0.167. The van der Waals surface area contributed by atoms with Crippen LogP contribution in [0.4, 0.5) is 0 Å². The summed E-state index contributed by atoms with van der Waals surface area (Å²) in [6, 6.07) is 12.0. The van der Waals surface area contributed by atoms with Gasteiger partial charge >= 0.3 is 0 Å². The van der Waals surface area contributed by atoms with E-state index in [9.17, 15) is 0 Å². The first-order chi connectivity index (χ1) is 6.46. The van der Waals surface area contributed by atoms with Gasteiger partial charge in [-0.05, 0) is 13.8 Å². The SMILES string of the molecule is CC(=O)O.CC(C)O.c1ccccc1. The van der Waals surface area contributed by atoms with Gasteiger partial charge in [0, 0.05) is 13.0 Å². The van der Waals surface area contributed by atoms with Crippen LogP contribution in [0.1, 0.15) is 20.8 Å². The fourth-order valence-electron chi connectivity index (χ4n) is 0.385. The lowest BCUT2D eigenvalue weighted by molar-refractivity contribution is -0.134. The summed E-state index contributed by atoms with van der Waals surface area (Å²) < 4.78 is 0. The first-order valence-electron chi connectivity index (χ1n) is 4.34. The normalized spacial score (nSPS) is 7.79. The predicted molar refractivity (Wildman–Crippen MR) is 57.1 cm³/mol. The predicted octanol–water partition coefficient (Wildman–Crippen LogP) is 2.16. The van der Waals surface area contributed by atoms with Gasteiger partial charge in [-0.3, -0.25) is 4.79 Å². The molecule has 80 valence electrons. The van der Waals surface area contributed by atoms with E-state index in [0.29, 0.717) is 0 Å². The Bertz CT molecular complexity index is 174. The maximum atomic E-state index is 9.00. The molecule has 0 saturated heterocycles. The van der Waals surface area contributed by atoms with E-state index in [1.165, 1.54) is 0 Å². The molecule has 0 amide bonds. The van der Waals surface area contributed by atoms with E-state index in [-0.39, 0.29) is 6.10 Å². The number of rotatable bonds is 0. The van der Waals surface area contributed by atoms with E-state index in [0.717, 1.165) is 6.92 Å². The van der Waals surface area contributed by atoms with E-state index < -0.39 is 5.97 Å². The molecule has 0 bridgehead atoms. The molecule has 14 heavy (non-hydrogen) atoms. The molecule has 2 N–H and O–H groups in total. The molecule has 0 atom stereocenters. The molecule has 0 spiro atoms. The van der Waals surface area contributed by atoms with Gasteiger partial charge in [-0.15, -0.1) is 0 Å². The van der Waals surface area contributed by atoms with Crippen LogP contribution in [-0.2, 0) is 4.79 Å². The number of aliphatic hydroxyl groups excluding tert-OH is 1. The second-order valence-corrected chi connectivity index (χ2v) is 2.77. The van der Waals surface area contributed by atoms with Gasteiger partial charge < -0.3 is 10.2 Å². The van der Waals surface area contributed by atoms with Crippen LogP contribution in [0.5, 0.6) is 0 Å². The van der Waals surface area contributed by atoms with E-state index in [4.69, 9.17) is 15.0 Å². The van der Waals surface area contributed by atoms with Crippen LogP contribution >= 0.6 is 0 Å². The highest BCUT2D eigenvalue weighted by atomic mass is 16.4. The highest BCUT2D eigenvalue weighted by Crippen LogP contribution is 1.79. The number of aliphatic hydroxyl groups is 1. The molecule has 1 rings (SSSR count). The summed E-state index contributed by atoms with van der Waals surface area (Å²) in [5.41, 5.74) is 0. The van der Waals surface area contributed by atoms with Crippen LogP contribution in [0.3, 0.4) is 0 Å². The molecule has 0 unspecified atom stereocenters. The third-order valence-corrected chi connectivity index (χ3v) is 0.667. The molecule has 0 aromatic heterocycles. The van der Waals surface area contributed by atoms with Crippen molar-refractivity contribution in [2.75, 3.05) is 0 Å². The van der Waals surface area contributed by atoms with Crippen molar-refractivity contribution in [3.63, 3.8) is 0 Å². The number of carboxylic acids is 1. The molecule has 0 radical (unpaired) electrons. The molecule has 0 aliphatic heterocycles. The minimum atomic E-state index is -0.833. The highest BCUT2D eigenvalue weighted by molar-refractivity contribution is 5.62. The summed E-state index contributed by atoms with van der Waals surface area (Å²) >= 11 is 0. The second-order valence-electron chi connectivity index (χ2n) is 2.77. The quantitative estimate of drug-likeness (QED) is 0.671. The van der Waals surface area contributed by atoms with Gasteiger partial charge in [0.2, 0.25) is 0 Å². The molecule has 3 heteroatoms. The van der Waals surface area contributed by atoms with E-state index in [1.807, 2.05) is 36.4 Å². The maximum Gasteiger partial charge on any atom is 0.300 e. The fraction of sp³-hybridized carbons (Fsp3) is 0.364. The van der Waals surface area contributed by atoms with Crippen molar-refractivity contribution in [1.82, 2.24) is 0 Å². The third-order valence-electron chi connectivity index (χ3n) is 0.667. The Kier molecular flexibility index (Phi) is 12.6. The molecule has 0 heterocycles. The molecule has 0 aliphatic carbocycles. The van der Waals surface area contributed by atoms with Crippen molar-refractivity contribution in [1.29, 1.82) is 0 Å². The van der Waals surface area contributed by atoms with Crippen molar-refractivity contribution in [2.45, 2.75) is 26.9 Å². The zero-order valence-electron chi connectivity index (χ0n) is 8.84. The van der Waals surface area contributed by atoms with Gasteiger partial charge in [-0.25, -0.2) is 0 Å². The number of benzene rings is 1. The number of aliphatic carboxylic acids is 1. The smallest absolute Gasteiger partial charge is 0.300 e. The third kappa shape index (κ3) is 45.9. The zero-order valence-corrected chi connectivity index (χ0v) is 8.84. The second kappa shape index (κ2) is 11.6. The number of carboxylic acid groups (broad SMARTS) is 1. The molecular formula is C11H18O3. The van der Waals surface area contributed by atoms with E-state index in [2.05, 4.69) is 0 Å². The average molecular weight is 198 g/mol. The van der Waals surface area contributed by atoms with Gasteiger partial charge in [0.05, 0.1) is 0 Å². The largest absolute Gasteiger partial charge is 0.481 e. The monoisotopic (exact) mass is 198 g/mol. The van der Waals surface area contributed by atoms with Crippen LogP contribution in [0.2, 0.25) is 0 Å². The van der Waals surface area contributed by atoms with E-state index in [1.54, 1.807) is 13.8 Å². The Morgan fingerprint density at radius 3 is 1.14 bits per heavy atom. The zero-order chi connectivity index (χ0) is 11.4. The van der Waals surface area contributed by atoms with Gasteiger partial charge in [0.25, 0.3) is 5.97 Å². The Morgan fingerprint density at radius 2 is 1.07 bits per heavy atom. The summed E-state index contributed by atoms with van der Waals surface area (Å²) in [5.74, 6) is -0.833. The van der Waals surface area contributed by atoms with Crippen molar-refractivity contribution >= 4 is 5.97 Å². The van der Waals surface area contributed by atoms with Crippen LogP contribution in [0, 0.1) is 0 Å². The minimum absolute atomic E-state index is 0.167. The standard InChI is InChI=1S/C6H6.C3H8O.C2H4O2/c1-2-4-6-5-3-1;1-3(2)4;1-2(3)4/h1-6H;3-4H,1-2H3;1H3,(H,3,4). The maximum absolute atomic E-state index is 9.00. The first kappa shape index (κ1) is 15.1. The van der Waals surface area contributed by atoms with Crippen LogP contribution in [0.25, 0.3) is 0 Å². The molecule has 1 aromatic rings. The van der Waals surface area contributed by atoms with Crippen LogP contribution in [-0.4, -0.2) is 22.3 Å². The average Bonchev–Trinajstić information content (AvgIpc) is 2.05. The molecule has 0 fully saturated rings. The topological polar surface area (TPSA) is 57.5 Å². The molecule has 0 saturated carbocycles. The molecular weight excluding hydrogens is 180 g/mol. The van der Waals surface area contributed by atoms with E-state index >= 15 is 0 Å². The van der Waals surface area contributed by atoms with Crippen LogP contribution in [0.15, 0.2) is 36.4 Å². The van der Waals surface area contributed by atoms with Crippen molar-refractivity contribution in [2.24, 2.45) is 0 Å². The Balaban J connectivity index is 0. The van der Waals surface area contributed by atoms with Gasteiger partial charge in [-0.2, -0.15) is 0 Å². The number of hydrogen-bond acceptors (Lipinski definition) is 2. The number of carbonyl (C=O) groups is 1. The lowest BCUT2D eigenvalue weighted by Gasteiger charge is -1.80. The Labute approximate surface area is 85.0 Å². The summed E-state index contributed by atoms with van der Waals surface area (Å²) in [5, 5.41) is 15.5. The summed E-state index contributed by atoms with van der Waals surface area (Å²) in [6.45, 7) is 4.53. The van der Waals surface area contributed by atoms with Gasteiger partial charge in [0.15, 0.2) is 0 Å². The van der Waals surface area contributed by atoms with Crippen molar-refractivity contribution in [3.05, 3.63) is 36.4 Å². The lowest BCUT2D eigenvalue weighted by atomic mass is 10.4. The van der Waals surface area contributed by atoms with Crippen molar-refractivity contribution in [3.8, 4) is 0 Å².